The van der Waals surface area contributed by atoms with Crippen molar-refractivity contribution in [1.82, 2.24) is 15.2 Å². The van der Waals surface area contributed by atoms with Gasteiger partial charge in [0, 0.05) is 32.3 Å². The van der Waals surface area contributed by atoms with Crippen molar-refractivity contribution in [3.05, 3.63) is 23.9 Å². The lowest BCUT2D eigenvalue weighted by atomic mass is 10.2. The zero-order chi connectivity index (χ0) is 19.9. The fraction of sp³-hybridized carbons (Fsp3) is 0.611. The van der Waals surface area contributed by atoms with Gasteiger partial charge in [0.15, 0.2) is 6.10 Å². The van der Waals surface area contributed by atoms with E-state index in [0.717, 1.165) is 45.7 Å². The minimum Gasteiger partial charge on any atom is -0.464 e. The van der Waals surface area contributed by atoms with Gasteiger partial charge in [-0.3, -0.25) is 9.59 Å². The van der Waals surface area contributed by atoms with E-state index in [-0.39, 0.29) is 24.4 Å². The highest BCUT2D eigenvalue weighted by Crippen LogP contribution is 2.25. The summed E-state index contributed by atoms with van der Waals surface area (Å²) < 4.78 is 42.8. The summed E-state index contributed by atoms with van der Waals surface area (Å²) in [4.78, 5) is 30.0. The average molecular weight is 387 g/mol. The third-order valence-corrected chi connectivity index (χ3v) is 4.35. The smallest absolute Gasteiger partial charge is 0.425 e. The average Bonchev–Trinajstić information content (AvgIpc) is 2.90. The van der Waals surface area contributed by atoms with Gasteiger partial charge in [0.2, 0.25) is 11.8 Å². The summed E-state index contributed by atoms with van der Waals surface area (Å²) in [6.07, 6.45) is -1.09. The SMILES string of the molecule is C[C@@H](Oc1ncccc1C(=O)NCCC(=O)N1CCCCCC1)C(F)(F)F. The van der Waals surface area contributed by atoms with Gasteiger partial charge in [0.1, 0.15) is 5.56 Å². The maximum absolute atomic E-state index is 12.7. The minimum atomic E-state index is -4.56. The Kier molecular flexibility index (Phi) is 7.44. The quantitative estimate of drug-likeness (QED) is 0.815. The number of carbonyl (C=O) groups is 2. The summed E-state index contributed by atoms with van der Waals surface area (Å²) in [7, 11) is 0. The number of nitrogens with zero attached hydrogens (tertiary/aromatic N) is 2. The first kappa shape index (κ1) is 21.0. The molecule has 1 aromatic heterocycles. The van der Waals surface area contributed by atoms with E-state index in [4.69, 9.17) is 4.74 Å². The molecule has 0 unspecified atom stereocenters. The number of halogens is 3. The maximum atomic E-state index is 12.7. The maximum Gasteiger partial charge on any atom is 0.425 e. The van der Waals surface area contributed by atoms with Crippen molar-refractivity contribution in [2.75, 3.05) is 19.6 Å². The highest BCUT2D eigenvalue weighted by molar-refractivity contribution is 5.96. The van der Waals surface area contributed by atoms with Crippen molar-refractivity contribution in [3.8, 4) is 5.88 Å². The van der Waals surface area contributed by atoms with Gasteiger partial charge < -0.3 is 15.0 Å². The lowest BCUT2D eigenvalue weighted by molar-refractivity contribution is -0.190. The van der Waals surface area contributed by atoms with Crippen LogP contribution in [0.1, 0.15) is 49.4 Å². The van der Waals surface area contributed by atoms with E-state index < -0.39 is 24.1 Å². The van der Waals surface area contributed by atoms with Crippen molar-refractivity contribution in [1.29, 1.82) is 0 Å². The van der Waals surface area contributed by atoms with E-state index in [1.54, 1.807) is 4.90 Å². The molecule has 0 bridgehead atoms. The molecule has 0 aromatic carbocycles. The van der Waals surface area contributed by atoms with Gasteiger partial charge in [-0.2, -0.15) is 13.2 Å². The summed E-state index contributed by atoms with van der Waals surface area (Å²) in [5.74, 6) is -1.06. The number of aromatic nitrogens is 1. The number of likely N-dealkylation sites (tertiary alicyclic amines) is 1. The molecule has 27 heavy (non-hydrogen) atoms. The van der Waals surface area contributed by atoms with Crippen LogP contribution in [0.2, 0.25) is 0 Å². The Morgan fingerprint density at radius 2 is 1.93 bits per heavy atom. The summed E-state index contributed by atoms with van der Waals surface area (Å²) in [6, 6.07) is 2.76. The lowest BCUT2D eigenvalue weighted by Crippen LogP contribution is -2.35. The summed E-state index contributed by atoms with van der Waals surface area (Å²) in [5.41, 5.74) is -0.101. The van der Waals surface area contributed by atoms with E-state index in [0.29, 0.717) is 0 Å². The van der Waals surface area contributed by atoms with Crippen LogP contribution < -0.4 is 10.1 Å². The molecule has 9 heteroatoms. The zero-order valence-corrected chi connectivity index (χ0v) is 15.2. The molecule has 2 heterocycles. The Morgan fingerprint density at radius 3 is 2.56 bits per heavy atom. The van der Waals surface area contributed by atoms with E-state index in [2.05, 4.69) is 10.3 Å². The number of alkyl halides is 3. The fourth-order valence-corrected chi connectivity index (χ4v) is 2.75. The Hall–Kier alpha value is -2.32. The Labute approximate surface area is 156 Å². The first-order chi connectivity index (χ1) is 12.8. The summed E-state index contributed by atoms with van der Waals surface area (Å²) in [6.45, 7) is 2.39. The molecule has 1 saturated heterocycles. The van der Waals surface area contributed by atoms with Crippen LogP contribution >= 0.6 is 0 Å². The van der Waals surface area contributed by atoms with Gasteiger partial charge in [-0.05, 0) is 31.9 Å². The van der Waals surface area contributed by atoms with Crippen LogP contribution in [-0.4, -0.2) is 53.6 Å². The van der Waals surface area contributed by atoms with Crippen molar-refractivity contribution < 1.29 is 27.5 Å². The van der Waals surface area contributed by atoms with Crippen LogP contribution in [0, 0.1) is 0 Å². The van der Waals surface area contributed by atoms with Crippen molar-refractivity contribution in [2.24, 2.45) is 0 Å². The number of rotatable bonds is 6. The summed E-state index contributed by atoms with van der Waals surface area (Å²) >= 11 is 0. The van der Waals surface area contributed by atoms with Crippen LogP contribution in [0.4, 0.5) is 13.2 Å². The van der Waals surface area contributed by atoms with Gasteiger partial charge in [0.25, 0.3) is 5.91 Å². The number of hydrogen-bond donors (Lipinski definition) is 1. The number of hydrogen-bond acceptors (Lipinski definition) is 4. The molecule has 1 aliphatic heterocycles. The monoisotopic (exact) mass is 387 g/mol. The highest BCUT2D eigenvalue weighted by Gasteiger charge is 2.39. The number of pyridine rings is 1. The second kappa shape index (κ2) is 9.57. The second-order valence-electron chi connectivity index (χ2n) is 6.46. The molecule has 6 nitrogen and oxygen atoms in total. The molecular weight excluding hydrogens is 363 g/mol. The predicted octanol–water partition coefficient (Wildman–Crippen LogP) is 2.93. The van der Waals surface area contributed by atoms with Gasteiger partial charge in [-0.15, -0.1) is 0 Å². The van der Waals surface area contributed by atoms with Gasteiger partial charge in [-0.1, -0.05) is 12.8 Å². The second-order valence-corrected chi connectivity index (χ2v) is 6.46. The minimum absolute atomic E-state index is 0.0365. The molecule has 1 N–H and O–H groups in total. The standard InChI is InChI=1S/C18H24F3N3O3/c1-13(18(19,20)21)27-17-14(7-6-9-23-17)16(26)22-10-8-15(25)24-11-4-2-3-5-12-24/h6-7,9,13H,2-5,8,10-12H2,1H3,(H,22,26)/t13-/m1/s1. The Morgan fingerprint density at radius 1 is 1.26 bits per heavy atom. The molecule has 0 radical (unpaired) electrons. The topological polar surface area (TPSA) is 71.5 Å². The van der Waals surface area contributed by atoms with Crippen LogP contribution in [0.15, 0.2) is 18.3 Å². The molecular formula is C18H24F3N3O3. The molecule has 1 aliphatic rings. The Bertz CT molecular complexity index is 644. The lowest BCUT2D eigenvalue weighted by Gasteiger charge is -2.20. The third kappa shape index (κ3) is 6.41. The van der Waals surface area contributed by atoms with Crippen molar-refractivity contribution >= 4 is 11.8 Å². The van der Waals surface area contributed by atoms with Gasteiger partial charge in [-0.25, -0.2) is 4.98 Å². The molecule has 0 aliphatic carbocycles. The molecule has 1 fully saturated rings. The van der Waals surface area contributed by atoms with Crippen LogP contribution in [0.3, 0.4) is 0 Å². The van der Waals surface area contributed by atoms with Gasteiger partial charge in [0.05, 0.1) is 0 Å². The number of amides is 2. The van der Waals surface area contributed by atoms with Crippen LogP contribution in [-0.2, 0) is 4.79 Å². The molecule has 1 atom stereocenters. The predicted molar refractivity (Wildman–Crippen MR) is 92.4 cm³/mol. The zero-order valence-electron chi connectivity index (χ0n) is 15.2. The fourth-order valence-electron chi connectivity index (χ4n) is 2.75. The summed E-state index contributed by atoms with van der Waals surface area (Å²) in [5, 5.41) is 2.55. The molecule has 0 spiro atoms. The van der Waals surface area contributed by atoms with Gasteiger partial charge >= 0.3 is 6.18 Å². The number of ether oxygens (including phenoxy) is 1. The van der Waals surface area contributed by atoms with Crippen molar-refractivity contribution in [3.63, 3.8) is 0 Å². The highest BCUT2D eigenvalue weighted by atomic mass is 19.4. The molecule has 0 saturated carbocycles. The van der Waals surface area contributed by atoms with Crippen LogP contribution in [0.5, 0.6) is 5.88 Å². The normalized spacial score (nSPS) is 16.4. The first-order valence-electron chi connectivity index (χ1n) is 9.03. The third-order valence-electron chi connectivity index (χ3n) is 4.35. The largest absolute Gasteiger partial charge is 0.464 e. The Balaban J connectivity index is 1.89. The molecule has 1 aromatic rings. The van der Waals surface area contributed by atoms with E-state index in [1.165, 1.54) is 18.3 Å². The van der Waals surface area contributed by atoms with E-state index in [1.807, 2.05) is 0 Å². The van der Waals surface area contributed by atoms with Crippen LogP contribution in [0.25, 0.3) is 0 Å². The van der Waals surface area contributed by atoms with E-state index >= 15 is 0 Å². The first-order valence-corrected chi connectivity index (χ1v) is 9.03. The molecule has 2 rings (SSSR count). The molecule has 150 valence electrons. The van der Waals surface area contributed by atoms with E-state index in [9.17, 15) is 22.8 Å². The number of carbonyl (C=O) groups excluding carboxylic acids is 2. The van der Waals surface area contributed by atoms with Crippen molar-refractivity contribution in [2.45, 2.75) is 51.3 Å². The number of nitrogens with one attached hydrogen (secondary N) is 1. The molecule has 2 amide bonds.